The van der Waals surface area contributed by atoms with Crippen LogP contribution in [0.3, 0.4) is 0 Å². The highest BCUT2D eigenvalue weighted by molar-refractivity contribution is 7.46. The molecule has 5 heteroatoms. The molecule has 2 aliphatic carbocycles. The summed E-state index contributed by atoms with van der Waals surface area (Å²) in [6, 6.07) is 0. The van der Waals surface area contributed by atoms with Gasteiger partial charge in [0.2, 0.25) is 0 Å². The number of phosphoric ester groups is 1. The van der Waals surface area contributed by atoms with Crippen molar-refractivity contribution in [3.63, 3.8) is 0 Å². The van der Waals surface area contributed by atoms with Crippen LogP contribution in [-0.2, 0) is 9.09 Å². The van der Waals surface area contributed by atoms with Crippen molar-refractivity contribution in [1.82, 2.24) is 0 Å². The van der Waals surface area contributed by atoms with E-state index in [0.29, 0.717) is 11.3 Å². The van der Waals surface area contributed by atoms with Crippen LogP contribution >= 0.6 is 7.82 Å². The van der Waals surface area contributed by atoms with Crippen molar-refractivity contribution in [2.75, 3.05) is 0 Å². The molecule has 2 saturated carbocycles. The van der Waals surface area contributed by atoms with E-state index in [-0.39, 0.29) is 5.41 Å². The summed E-state index contributed by atoms with van der Waals surface area (Å²) in [5.41, 5.74) is -0.595. The molecule has 21 heavy (non-hydrogen) atoms. The molecule has 0 aromatic heterocycles. The molecule has 2 atom stereocenters. The van der Waals surface area contributed by atoms with Crippen LogP contribution < -0.4 is 0 Å². The van der Waals surface area contributed by atoms with Crippen LogP contribution in [0.1, 0.15) is 79.1 Å². The van der Waals surface area contributed by atoms with Crippen LogP contribution in [0.4, 0.5) is 0 Å². The lowest BCUT2D eigenvalue weighted by atomic mass is 9.59. The number of phosphoric acid groups is 1. The maximum Gasteiger partial charge on any atom is 0.470 e. The van der Waals surface area contributed by atoms with Gasteiger partial charge in [0.05, 0.1) is 5.60 Å². The predicted octanol–water partition coefficient (Wildman–Crippen LogP) is 4.65. The standard InChI is InChI=1S/C16H31O4P/c1-5-9-16(10-6-7-11-16)13-8-12-15(4,14(13,2)3)20-21(17,18)19/h13H,5-12H2,1-4H3,(H2,17,18,19). The molecule has 0 aromatic rings. The molecule has 0 saturated heterocycles. The lowest BCUT2D eigenvalue weighted by molar-refractivity contribution is -0.0667. The van der Waals surface area contributed by atoms with E-state index in [2.05, 4.69) is 20.8 Å². The minimum absolute atomic E-state index is 0.215. The van der Waals surface area contributed by atoms with Crippen LogP contribution in [-0.4, -0.2) is 15.4 Å². The van der Waals surface area contributed by atoms with Gasteiger partial charge in [-0.25, -0.2) is 4.57 Å². The largest absolute Gasteiger partial charge is 0.470 e. The van der Waals surface area contributed by atoms with Crippen molar-refractivity contribution in [1.29, 1.82) is 0 Å². The third-order valence-electron chi connectivity index (χ3n) is 6.55. The highest BCUT2D eigenvalue weighted by Crippen LogP contribution is 2.65. The quantitative estimate of drug-likeness (QED) is 0.724. The van der Waals surface area contributed by atoms with Gasteiger partial charge >= 0.3 is 7.82 Å². The van der Waals surface area contributed by atoms with Gasteiger partial charge in [-0.05, 0) is 55.8 Å². The summed E-state index contributed by atoms with van der Waals surface area (Å²) in [5, 5.41) is 0. The van der Waals surface area contributed by atoms with Gasteiger partial charge in [0, 0.05) is 0 Å². The predicted molar refractivity (Wildman–Crippen MR) is 83.8 cm³/mol. The molecule has 0 bridgehead atoms. The fourth-order valence-electron chi connectivity index (χ4n) is 5.32. The average Bonchev–Trinajstić information content (AvgIpc) is 2.83. The van der Waals surface area contributed by atoms with Crippen LogP contribution in [0, 0.1) is 16.7 Å². The Kier molecular flexibility index (Phi) is 4.68. The van der Waals surface area contributed by atoms with Crippen LogP contribution in [0.15, 0.2) is 0 Å². The lowest BCUT2D eigenvalue weighted by Crippen LogP contribution is -2.46. The van der Waals surface area contributed by atoms with Crippen molar-refractivity contribution < 1.29 is 18.9 Å². The topological polar surface area (TPSA) is 66.8 Å². The highest BCUT2D eigenvalue weighted by atomic mass is 31.2. The van der Waals surface area contributed by atoms with Gasteiger partial charge in [0.1, 0.15) is 0 Å². The highest BCUT2D eigenvalue weighted by Gasteiger charge is 2.60. The van der Waals surface area contributed by atoms with E-state index in [4.69, 9.17) is 4.52 Å². The first-order chi connectivity index (χ1) is 9.56. The molecular formula is C16H31O4P. The Bertz CT molecular complexity index is 422. The number of rotatable bonds is 5. The Morgan fingerprint density at radius 1 is 1.14 bits per heavy atom. The second kappa shape index (κ2) is 5.63. The van der Waals surface area contributed by atoms with E-state index in [9.17, 15) is 14.4 Å². The van der Waals surface area contributed by atoms with E-state index >= 15 is 0 Å². The van der Waals surface area contributed by atoms with Crippen LogP contribution in [0.2, 0.25) is 0 Å². The van der Waals surface area contributed by atoms with Crippen molar-refractivity contribution >= 4 is 7.82 Å². The third-order valence-corrected chi connectivity index (χ3v) is 7.19. The van der Waals surface area contributed by atoms with Gasteiger partial charge < -0.3 is 9.79 Å². The Morgan fingerprint density at radius 2 is 1.71 bits per heavy atom. The fraction of sp³-hybridized carbons (Fsp3) is 1.00. The maximum absolute atomic E-state index is 11.4. The molecule has 2 aliphatic rings. The van der Waals surface area contributed by atoms with E-state index in [1.807, 2.05) is 6.92 Å². The smallest absolute Gasteiger partial charge is 0.303 e. The molecule has 0 radical (unpaired) electrons. The molecule has 2 rings (SSSR count). The average molecular weight is 318 g/mol. The van der Waals surface area contributed by atoms with E-state index in [0.717, 1.165) is 12.8 Å². The molecule has 0 spiro atoms. The second-order valence-electron chi connectivity index (χ2n) is 7.95. The number of hydrogen-bond donors (Lipinski definition) is 2. The minimum atomic E-state index is -4.46. The SMILES string of the molecule is CCCC1(C2CCC(C)(OP(=O)(O)O)C2(C)C)CCCC1. The van der Waals surface area contributed by atoms with Gasteiger partial charge in [-0.1, -0.05) is 40.0 Å². The number of hydrogen-bond acceptors (Lipinski definition) is 2. The van der Waals surface area contributed by atoms with E-state index in [1.165, 1.54) is 38.5 Å². The summed E-state index contributed by atoms with van der Waals surface area (Å²) >= 11 is 0. The molecule has 2 fully saturated rings. The Labute approximate surface area is 128 Å². The molecule has 0 amide bonds. The van der Waals surface area contributed by atoms with Gasteiger partial charge in [0.15, 0.2) is 0 Å². The summed E-state index contributed by atoms with van der Waals surface area (Å²) in [5.74, 6) is 0.490. The first-order valence-electron chi connectivity index (χ1n) is 8.33. The zero-order valence-electron chi connectivity index (χ0n) is 13.9. The Morgan fingerprint density at radius 3 is 2.19 bits per heavy atom. The molecule has 0 heterocycles. The molecule has 0 aromatic carbocycles. The molecule has 2 N–H and O–H groups in total. The van der Waals surface area contributed by atoms with Crippen molar-refractivity contribution in [2.45, 2.75) is 84.7 Å². The molecule has 0 aliphatic heterocycles. The lowest BCUT2D eigenvalue weighted by Gasteiger charge is -2.48. The zero-order valence-corrected chi connectivity index (χ0v) is 14.8. The zero-order chi connectivity index (χ0) is 15.9. The fourth-order valence-corrected chi connectivity index (χ4v) is 6.17. The van der Waals surface area contributed by atoms with Crippen LogP contribution in [0.25, 0.3) is 0 Å². The Hall–Kier alpha value is 0.110. The van der Waals surface area contributed by atoms with Gasteiger partial charge in [-0.15, -0.1) is 0 Å². The monoisotopic (exact) mass is 318 g/mol. The molecule has 2 unspecified atom stereocenters. The third kappa shape index (κ3) is 3.10. The minimum Gasteiger partial charge on any atom is -0.303 e. The Balaban J connectivity index is 2.29. The second-order valence-corrected chi connectivity index (χ2v) is 9.11. The van der Waals surface area contributed by atoms with Crippen molar-refractivity contribution in [3.8, 4) is 0 Å². The van der Waals surface area contributed by atoms with Crippen molar-refractivity contribution in [3.05, 3.63) is 0 Å². The normalized spacial score (nSPS) is 35.2. The van der Waals surface area contributed by atoms with Gasteiger partial charge in [-0.3, -0.25) is 4.52 Å². The maximum atomic E-state index is 11.4. The summed E-state index contributed by atoms with van der Waals surface area (Å²) in [4.78, 5) is 18.6. The van der Waals surface area contributed by atoms with Gasteiger partial charge in [-0.2, -0.15) is 0 Å². The molecular weight excluding hydrogens is 287 g/mol. The summed E-state index contributed by atoms with van der Waals surface area (Å²) in [7, 11) is -4.46. The van der Waals surface area contributed by atoms with Crippen LogP contribution in [0.5, 0.6) is 0 Å². The first-order valence-corrected chi connectivity index (χ1v) is 9.86. The van der Waals surface area contributed by atoms with E-state index < -0.39 is 13.4 Å². The molecule has 124 valence electrons. The van der Waals surface area contributed by atoms with Gasteiger partial charge in [0.25, 0.3) is 0 Å². The van der Waals surface area contributed by atoms with E-state index in [1.54, 1.807) is 0 Å². The summed E-state index contributed by atoms with van der Waals surface area (Å²) in [6.45, 7) is 8.43. The molecule has 4 nitrogen and oxygen atoms in total. The summed E-state index contributed by atoms with van der Waals surface area (Å²) < 4.78 is 16.7. The first kappa shape index (κ1) is 17.5. The summed E-state index contributed by atoms with van der Waals surface area (Å²) in [6.07, 6.45) is 9.29. The van der Waals surface area contributed by atoms with Crippen molar-refractivity contribution in [2.24, 2.45) is 16.7 Å².